The molecule has 1 aliphatic heterocycles. The molecule has 5 nitrogen and oxygen atoms in total. The van der Waals surface area contributed by atoms with Crippen molar-refractivity contribution in [1.29, 1.82) is 0 Å². The zero-order chi connectivity index (χ0) is 14.7. The van der Waals surface area contributed by atoms with Gasteiger partial charge in [-0.1, -0.05) is 25.4 Å². The molecule has 1 N–H and O–H groups in total. The van der Waals surface area contributed by atoms with Gasteiger partial charge in [0.25, 0.3) is 5.91 Å². The maximum Gasteiger partial charge on any atom is 0.271 e. The van der Waals surface area contributed by atoms with E-state index in [2.05, 4.69) is 27.2 Å². The van der Waals surface area contributed by atoms with E-state index in [1.165, 1.54) is 6.20 Å². The Balaban J connectivity index is 2.07. The number of hydrogen-bond acceptors (Lipinski definition) is 4. The van der Waals surface area contributed by atoms with Gasteiger partial charge in [0.15, 0.2) is 0 Å². The number of piperidine rings is 1. The van der Waals surface area contributed by atoms with Crippen molar-refractivity contribution in [3.8, 4) is 0 Å². The van der Waals surface area contributed by atoms with Gasteiger partial charge in [-0.2, -0.15) is 0 Å². The molecule has 0 atom stereocenters. The summed E-state index contributed by atoms with van der Waals surface area (Å²) < 4.78 is 0. The third kappa shape index (κ3) is 3.67. The number of aromatic nitrogens is 2. The van der Waals surface area contributed by atoms with E-state index >= 15 is 0 Å². The van der Waals surface area contributed by atoms with Crippen LogP contribution >= 0.6 is 11.6 Å². The molecule has 0 spiro atoms. The fourth-order valence-corrected chi connectivity index (χ4v) is 2.40. The molecule has 0 saturated carbocycles. The molecule has 1 aliphatic rings. The zero-order valence-electron chi connectivity index (χ0n) is 12.2. The van der Waals surface area contributed by atoms with Crippen LogP contribution in [0.15, 0.2) is 6.20 Å². The fraction of sp³-hybridized carbons (Fsp3) is 0.643. The van der Waals surface area contributed by atoms with Crippen LogP contribution in [0, 0.1) is 0 Å². The quantitative estimate of drug-likeness (QED) is 0.928. The van der Waals surface area contributed by atoms with Crippen LogP contribution in [0.3, 0.4) is 0 Å². The van der Waals surface area contributed by atoms with Crippen LogP contribution in [-0.4, -0.2) is 47.0 Å². The largest absolute Gasteiger partial charge is 0.348 e. The summed E-state index contributed by atoms with van der Waals surface area (Å²) in [6.07, 6.45) is 3.43. The number of nitrogens with one attached hydrogen (secondary N) is 1. The van der Waals surface area contributed by atoms with Gasteiger partial charge in [-0.05, 0) is 33.0 Å². The molecule has 0 radical (unpaired) electrons. The molecular weight excluding hydrogens is 276 g/mol. The first-order valence-corrected chi connectivity index (χ1v) is 7.37. The van der Waals surface area contributed by atoms with Crippen molar-refractivity contribution in [3.63, 3.8) is 0 Å². The lowest BCUT2D eigenvalue weighted by atomic mass is 10.1. The molecule has 2 rings (SSSR count). The molecule has 0 unspecified atom stereocenters. The number of carbonyl (C=O) groups is 1. The van der Waals surface area contributed by atoms with E-state index in [0.717, 1.165) is 25.9 Å². The summed E-state index contributed by atoms with van der Waals surface area (Å²) in [5.41, 5.74) is 0.282. The Hall–Kier alpha value is -1.20. The number of likely N-dealkylation sites (tertiary alicyclic amines) is 1. The Kier molecular flexibility index (Phi) is 4.94. The van der Waals surface area contributed by atoms with Crippen LogP contribution in [-0.2, 0) is 0 Å². The minimum Gasteiger partial charge on any atom is -0.348 e. The van der Waals surface area contributed by atoms with Gasteiger partial charge in [-0.15, -0.1) is 0 Å². The first kappa shape index (κ1) is 15.2. The molecule has 0 bridgehead atoms. The Morgan fingerprint density at radius 1 is 1.45 bits per heavy atom. The number of carbonyl (C=O) groups excluding carboxylic acids is 1. The third-order valence-electron chi connectivity index (χ3n) is 3.55. The molecule has 6 heteroatoms. The average molecular weight is 297 g/mol. The molecule has 1 aromatic rings. The topological polar surface area (TPSA) is 58.1 Å². The highest BCUT2D eigenvalue weighted by Gasteiger charge is 2.21. The summed E-state index contributed by atoms with van der Waals surface area (Å²) >= 11 is 6.04. The summed E-state index contributed by atoms with van der Waals surface area (Å²) in [5, 5.41) is 3.33. The maximum atomic E-state index is 12.3. The lowest BCUT2D eigenvalue weighted by Crippen LogP contribution is -2.43. The highest BCUT2D eigenvalue weighted by Crippen LogP contribution is 2.17. The van der Waals surface area contributed by atoms with E-state index in [1.807, 2.05) is 13.8 Å². The first-order valence-electron chi connectivity index (χ1n) is 6.99. The highest BCUT2D eigenvalue weighted by atomic mass is 35.5. The van der Waals surface area contributed by atoms with Crippen molar-refractivity contribution in [2.45, 2.75) is 38.6 Å². The molecule has 20 heavy (non-hydrogen) atoms. The van der Waals surface area contributed by atoms with Crippen LogP contribution in [0.5, 0.6) is 0 Å². The number of nitrogens with zero attached hydrogens (tertiary/aromatic N) is 3. The van der Waals surface area contributed by atoms with E-state index in [0.29, 0.717) is 10.8 Å². The summed E-state index contributed by atoms with van der Waals surface area (Å²) in [6, 6.07) is 0.201. The van der Waals surface area contributed by atoms with Crippen molar-refractivity contribution < 1.29 is 4.79 Å². The third-order valence-corrected chi connectivity index (χ3v) is 3.82. The van der Waals surface area contributed by atoms with Crippen molar-refractivity contribution in [3.05, 3.63) is 22.7 Å². The Bertz CT molecular complexity index is 484. The van der Waals surface area contributed by atoms with E-state index < -0.39 is 0 Å². The monoisotopic (exact) mass is 296 g/mol. The number of hydrogen-bond donors (Lipinski definition) is 1. The van der Waals surface area contributed by atoms with Gasteiger partial charge >= 0.3 is 0 Å². The van der Waals surface area contributed by atoms with Gasteiger partial charge in [-0.25, -0.2) is 9.97 Å². The highest BCUT2D eigenvalue weighted by molar-refractivity contribution is 6.33. The molecule has 1 fully saturated rings. The Morgan fingerprint density at radius 3 is 2.70 bits per heavy atom. The van der Waals surface area contributed by atoms with E-state index in [1.54, 1.807) is 0 Å². The van der Waals surface area contributed by atoms with Crippen LogP contribution < -0.4 is 5.32 Å². The zero-order valence-corrected chi connectivity index (χ0v) is 12.9. The van der Waals surface area contributed by atoms with Gasteiger partial charge in [0, 0.05) is 12.0 Å². The lowest BCUT2D eigenvalue weighted by Gasteiger charge is -2.29. The second-order valence-electron chi connectivity index (χ2n) is 5.63. The van der Waals surface area contributed by atoms with Gasteiger partial charge in [0.1, 0.15) is 11.5 Å². The first-order chi connectivity index (χ1) is 9.47. The van der Waals surface area contributed by atoms with Crippen LogP contribution in [0.1, 0.15) is 48.9 Å². The summed E-state index contributed by atoms with van der Waals surface area (Å²) in [4.78, 5) is 23.0. The normalized spacial score (nSPS) is 17.4. The van der Waals surface area contributed by atoms with Gasteiger partial charge in [-0.3, -0.25) is 4.79 Å². The summed E-state index contributed by atoms with van der Waals surface area (Å²) in [7, 11) is 2.09. The lowest BCUT2D eigenvalue weighted by molar-refractivity contribution is 0.0911. The minimum atomic E-state index is -0.200. The average Bonchev–Trinajstić information content (AvgIpc) is 2.41. The number of amides is 1. The van der Waals surface area contributed by atoms with Gasteiger partial charge in [0.05, 0.1) is 11.2 Å². The second kappa shape index (κ2) is 6.50. The van der Waals surface area contributed by atoms with E-state index in [-0.39, 0.29) is 23.6 Å². The van der Waals surface area contributed by atoms with Crippen molar-refractivity contribution in [1.82, 2.24) is 20.2 Å². The summed E-state index contributed by atoms with van der Waals surface area (Å²) in [6.45, 7) is 5.98. The fourth-order valence-electron chi connectivity index (χ4n) is 2.22. The van der Waals surface area contributed by atoms with Crippen LogP contribution in [0.4, 0.5) is 0 Å². The van der Waals surface area contributed by atoms with E-state index in [4.69, 9.17) is 11.6 Å². The summed E-state index contributed by atoms with van der Waals surface area (Å²) in [5.74, 6) is 0.610. The molecule has 0 aromatic carbocycles. The molecule has 2 heterocycles. The number of rotatable bonds is 3. The number of halogens is 1. The van der Waals surface area contributed by atoms with Crippen LogP contribution in [0.2, 0.25) is 5.02 Å². The standard InChI is InChI=1S/C14H21ClN4O/c1-9(2)13-16-8-11(15)12(18-13)14(20)17-10-4-6-19(3)7-5-10/h8-10H,4-7H2,1-3H3,(H,17,20). The van der Waals surface area contributed by atoms with Crippen LogP contribution in [0.25, 0.3) is 0 Å². The minimum absolute atomic E-state index is 0.169. The van der Waals surface area contributed by atoms with Crippen molar-refractivity contribution in [2.24, 2.45) is 0 Å². The molecule has 1 saturated heterocycles. The van der Waals surface area contributed by atoms with Crippen molar-refractivity contribution in [2.75, 3.05) is 20.1 Å². The Labute approximate surface area is 124 Å². The smallest absolute Gasteiger partial charge is 0.271 e. The van der Waals surface area contributed by atoms with Gasteiger partial charge in [0.2, 0.25) is 0 Å². The Morgan fingerprint density at radius 2 is 2.10 bits per heavy atom. The SMILES string of the molecule is CC(C)c1ncc(Cl)c(C(=O)NC2CCN(C)CC2)n1. The molecule has 110 valence electrons. The molecular formula is C14H21ClN4O. The maximum absolute atomic E-state index is 12.3. The van der Waals surface area contributed by atoms with Crippen molar-refractivity contribution >= 4 is 17.5 Å². The predicted octanol–water partition coefficient (Wildman–Crippen LogP) is 2.08. The predicted molar refractivity (Wildman–Crippen MR) is 79.1 cm³/mol. The van der Waals surface area contributed by atoms with Gasteiger partial charge < -0.3 is 10.2 Å². The van der Waals surface area contributed by atoms with E-state index in [9.17, 15) is 4.79 Å². The molecule has 1 aromatic heterocycles. The molecule has 0 aliphatic carbocycles. The second-order valence-corrected chi connectivity index (χ2v) is 6.04. The molecule has 1 amide bonds.